The number of hydrogen-bond acceptors (Lipinski definition) is 3. The van der Waals surface area contributed by atoms with Gasteiger partial charge in [0.15, 0.2) is 0 Å². The Morgan fingerprint density at radius 1 is 1.11 bits per heavy atom. The first-order valence-electron chi connectivity index (χ1n) is 5.12. The highest BCUT2D eigenvalue weighted by molar-refractivity contribution is 5.67. The predicted octanol–water partition coefficient (Wildman–Crippen LogP) is 3.16. The minimum atomic E-state index is -0.703. The van der Waals surface area contributed by atoms with Gasteiger partial charge < -0.3 is 11.1 Å². The molecule has 0 atom stereocenters. The van der Waals surface area contributed by atoms with Gasteiger partial charge in [-0.15, -0.1) is 0 Å². The fraction of sp³-hybridized carbons (Fsp3) is 0. The molecule has 0 aromatic heterocycles. The van der Waals surface area contributed by atoms with Crippen LogP contribution in [0.4, 0.5) is 25.8 Å². The first kappa shape index (κ1) is 11.9. The average Bonchev–Trinajstić information content (AvgIpc) is 2.35. The van der Waals surface area contributed by atoms with E-state index < -0.39 is 11.6 Å². The monoisotopic (exact) mass is 245 g/mol. The van der Waals surface area contributed by atoms with Crippen molar-refractivity contribution in [3.05, 3.63) is 53.6 Å². The van der Waals surface area contributed by atoms with E-state index in [1.807, 2.05) is 6.07 Å². The fourth-order valence-corrected chi connectivity index (χ4v) is 1.48. The largest absolute Gasteiger partial charge is 0.398 e. The standard InChI is InChI=1S/C13H9F2N3/c14-9-1-4-13(11(15)6-9)18-10-2-3-12(17)8(5-10)7-16/h1-6,18H,17H2. The summed E-state index contributed by atoms with van der Waals surface area (Å²) in [5, 5.41) is 11.6. The van der Waals surface area contributed by atoms with Crippen LogP contribution in [0.3, 0.4) is 0 Å². The average molecular weight is 245 g/mol. The molecule has 18 heavy (non-hydrogen) atoms. The van der Waals surface area contributed by atoms with Gasteiger partial charge in [-0.2, -0.15) is 5.26 Å². The molecule has 0 aliphatic carbocycles. The third kappa shape index (κ3) is 2.38. The smallest absolute Gasteiger partial charge is 0.149 e. The molecule has 0 saturated carbocycles. The van der Waals surface area contributed by atoms with Crippen molar-refractivity contribution in [3.63, 3.8) is 0 Å². The number of anilines is 3. The molecule has 0 spiro atoms. The Morgan fingerprint density at radius 3 is 2.56 bits per heavy atom. The number of rotatable bonds is 2. The number of benzene rings is 2. The molecule has 2 rings (SSSR count). The van der Waals surface area contributed by atoms with Crippen molar-refractivity contribution >= 4 is 17.1 Å². The zero-order valence-electron chi connectivity index (χ0n) is 9.24. The fourth-order valence-electron chi connectivity index (χ4n) is 1.48. The van der Waals surface area contributed by atoms with E-state index >= 15 is 0 Å². The van der Waals surface area contributed by atoms with Crippen LogP contribution in [-0.2, 0) is 0 Å². The molecule has 90 valence electrons. The molecule has 0 unspecified atom stereocenters. The van der Waals surface area contributed by atoms with E-state index in [0.717, 1.165) is 12.1 Å². The van der Waals surface area contributed by atoms with Crippen LogP contribution < -0.4 is 11.1 Å². The second-order valence-corrected chi connectivity index (χ2v) is 3.66. The summed E-state index contributed by atoms with van der Waals surface area (Å²) in [6, 6.07) is 9.79. The number of nitrogens with two attached hydrogens (primary N) is 1. The third-order valence-electron chi connectivity index (χ3n) is 2.38. The lowest BCUT2D eigenvalue weighted by molar-refractivity contribution is 0.586. The van der Waals surface area contributed by atoms with E-state index in [2.05, 4.69) is 5.32 Å². The van der Waals surface area contributed by atoms with Gasteiger partial charge in [0.05, 0.1) is 11.3 Å². The van der Waals surface area contributed by atoms with E-state index in [1.54, 1.807) is 12.1 Å². The van der Waals surface area contributed by atoms with Crippen molar-refractivity contribution in [2.24, 2.45) is 0 Å². The molecule has 0 aliphatic rings. The van der Waals surface area contributed by atoms with Crippen LogP contribution in [0.5, 0.6) is 0 Å². The Labute approximate surface area is 102 Å². The highest BCUT2D eigenvalue weighted by atomic mass is 19.1. The number of hydrogen-bond donors (Lipinski definition) is 2. The number of nitrogens with zero attached hydrogens (tertiary/aromatic N) is 1. The van der Waals surface area contributed by atoms with Gasteiger partial charge in [0.2, 0.25) is 0 Å². The molecule has 0 amide bonds. The maximum atomic E-state index is 13.4. The number of nitriles is 1. The molecule has 0 saturated heterocycles. The van der Waals surface area contributed by atoms with Crippen molar-refractivity contribution in [2.75, 3.05) is 11.1 Å². The second kappa shape index (κ2) is 4.72. The molecule has 3 nitrogen and oxygen atoms in total. The molecule has 2 aromatic rings. The van der Waals surface area contributed by atoms with Gasteiger partial charge >= 0.3 is 0 Å². The van der Waals surface area contributed by atoms with Crippen LogP contribution >= 0.6 is 0 Å². The van der Waals surface area contributed by atoms with Crippen molar-refractivity contribution in [1.29, 1.82) is 5.26 Å². The van der Waals surface area contributed by atoms with Gasteiger partial charge in [0.25, 0.3) is 0 Å². The Kier molecular flexibility index (Phi) is 3.11. The zero-order valence-corrected chi connectivity index (χ0v) is 9.24. The first-order chi connectivity index (χ1) is 8.60. The topological polar surface area (TPSA) is 61.8 Å². The van der Waals surface area contributed by atoms with Crippen LogP contribution in [0.15, 0.2) is 36.4 Å². The summed E-state index contributed by atoms with van der Waals surface area (Å²) in [4.78, 5) is 0. The summed E-state index contributed by atoms with van der Waals surface area (Å²) in [5.74, 6) is -1.35. The quantitative estimate of drug-likeness (QED) is 0.799. The summed E-state index contributed by atoms with van der Waals surface area (Å²) in [7, 11) is 0. The Hall–Kier alpha value is -2.61. The van der Waals surface area contributed by atoms with Crippen molar-refractivity contribution in [2.45, 2.75) is 0 Å². The molecular formula is C13H9F2N3. The van der Waals surface area contributed by atoms with E-state index in [-0.39, 0.29) is 5.69 Å². The lowest BCUT2D eigenvalue weighted by Crippen LogP contribution is -1.97. The Morgan fingerprint density at radius 2 is 1.89 bits per heavy atom. The minimum absolute atomic E-state index is 0.130. The highest BCUT2D eigenvalue weighted by Gasteiger charge is 2.05. The third-order valence-corrected chi connectivity index (χ3v) is 2.38. The van der Waals surface area contributed by atoms with Gasteiger partial charge in [-0.3, -0.25) is 0 Å². The molecule has 0 fully saturated rings. The normalized spacial score (nSPS) is 9.83. The van der Waals surface area contributed by atoms with Gasteiger partial charge in [-0.25, -0.2) is 8.78 Å². The van der Waals surface area contributed by atoms with E-state index in [0.29, 0.717) is 16.9 Å². The SMILES string of the molecule is N#Cc1cc(Nc2ccc(F)cc2F)ccc1N. The minimum Gasteiger partial charge on any atom is -0.398 e. The number of nitrogen functional groups attached to an aromatic ring is 1. The molecule has 0 radical (unpaired) electrons. The van der Waals surface area contributed by atoms with E-state index in [4.69, 9.17) is 11.0 Å². The lowest BCUT2D eigenvalue weighted by atomic mass is 10.1. The van der Waals surface area contributed by atoms with Crippen LogP contribution in [0.25, 0.3) is 0 Å². The summed E-state index contributed by atoms with van der Waals surface area (Å²) < 4.78 is 26.1. The maximum Gasteiger partial charge on any atom is 0.149 e. The highest BCUT2D eigenvalue weighted by Crippen LogP contribution is 2.23. The predicted molar refractivity (Wildman–Crippen MR) is 65.2 cm³/mol. The summed E-state index contributed by atoms with van der Waals surface area (Å²) in [5.41, 5.74) is 6.85. The summed E-state index contributed by atoms with van der Waals surface area (Å²) >= 11 is 0. The van der Waals surface area contributed by atoms with E-state index in [1.165, 1.54) is 12.1 Å². The first-order valence-corrected chi connectivity index (χ1v) is 5.12. The molecule has 0 aliphatic heterocycles. The Balaban J connectivity index is 2.32. The molecule has 0 heterocycles. The summed E-state index contributed by atoms with van der Waals surface area (Å²) in [6.07, 6.45) is 0. The van der Waals surface area contributed by atoms with Crippen molar-refractivity contribution in [3.8, 4) is 6.07 Å². The second-order valence-electron chi connectivity index (χ2n) is 3.66. The van der Waals surface area contributed by atoms with Gasteiger partial charge in [0.1, 0.15) is 17.7 Å². The van der Waals surface area contributed by atoms with Crippen LogP contribution in [0.2, 0.25) is 0 Å². The summed E-state index contributed by atoms with van der Waals surface area (Å²) in [6.45, 7) is 0. The maximum absolute atomic E-state index is 13.4. The van der Waals surface area contributed by atoms with Crippen molar-refractivity contribution in [1.82, 2.24) is 0 Å². The molecular weight excluding hydrogens is 236 g/mol. The van der Waals surface area contributed by atoms with Gasteiger partial charge in [-0.05, 0) is 30.3 Å². The Bertz CT molecular complexity index is 633. The van der Waals surface area contributed by atoms with Crippen LogP contribution in [0, 0.1) is 23.0 Å². The van der Waals surface area contributed by atoms with Crippen LogP contribution in [0.1, 0.15) is 5.56 Å². The number of nitrogens with one attached hydrogen (secondary N) is 1. The lowest BCUT2D eigenvalue weighted by Gasteiger charge is -2.08. The molecule has 3 N–H and O–H groups in total. The van der Waals surface area contributed by atoms with Gasteiger partial charge in [0, 0.05) is 17.4 Å². The molecule has 5 heteroatoms. The molecule has 0 bridgehead atoms. The van der Waals surface area contributed by atoms with Crippen molar-refractivity contribution < 1.29 is 8.78 Å². The zero-order chi connectivity index (χ0) is 13.1. The van der Waals surface area contributed by atoms with E-state index in [9.17, 15) is 8.78 Å². The number of halogens is 2. The van der Waals surface area contributed by atoms with Gasteiger partial charge in [-0.1, -0.05) is 0 Å². The molecule has 2 aromatic carbocycles. The van der Waals surface area contributed by atoms with Crippen LogP contribution in [-0.4, -0.2) is 0 Å².